The molecule has 0 spiro atoms. The third-order valence-electron chi connectivity index (χ3n) is 7.53. The Labute approximate surface area is 213 Å². The maximum atomic E-state index is 12.3. The van der Waals surface area contributed by atoms with Crippen LogP contribution in [0.25, 0.3) is 27.5 Å². The standard InChI is InChI=1S/C27H26N5O.Pt/c1-27(2)19-10-11-20(27)24-22(19)25(32-31-24)23-18-8-4-3-7-16(18)15-17(30-23)12-14-29-26(33)21-9-5-6-13-28-21;/h3-9,13,15,19-20H,10-12,14H2,1-2H3,(H-,29,30,31,32,33);/q-1;+2/p-1. The molecule has 4 aromatic rings. The Kier molecular flexibility index (Phi) is 5.89. The third kappa shape index (κ3) is 3.60. The van der Waals surface area contributed by atoms with Gasteiger partial charge in [0.05, 0.1) is 11.4 Å². The Bertz CT molecular complexity index is 1360. The van der Waals surface area contributed by atoms with Gasteiger partial charge in [0.1, 0.15) is 5.91 Å². The summed E-state index contributed by atoms with van der Waals surface area (Å²) >= 11 is 0. The van der Waals surface area contributed by atoms with Crippen LogP contribution in [-0.2, 0) is 27.5 Å². The van der Waals surface area contributed by atoms with Crippen LogP contribution < -0.4 is 5.10 Å². The van der Waals surface area contributed by atoms with Gasteiger partial charge in [0.2, 0.25) is 0 Å². The molecular weight excluding hydrogens is 605 g/mol. The Balaban J connectivity index is 0.00000241. The SMILES string of the molecule is CC1(C)C2CCC1c1c2n[n-]c1-c1nc(CC[N-]C(=O)c2ccccn2)cc2ccccc12.[Pt+2]. The summed E-state index contributed by atoms with van der Waals surface area (Å²) < 4.78 is 0. The van der Waals surface area contributed by atoms with E-state index in [4.69, 9.17) is 4.98 Å². The zero-order chi connectivity index (χ0) is 22.6. The van der Waals surface area contributed by atoms with Gasteiger partial charge in [-0.15, -0.1) is 6.54 Å². The Hall–Kier alpha value is -2.85. The van der Waals surface area contributed by atoms with E-state index in [1.165, 1.54) is 24.1 Å². The molecule has 34 heavy (non-hydrogen) atoms. The van der Waals surface area contributed by atoms with E-state index in [1.54, 1.807) is 24.4 Å². The molecule has 0 radical (unpaired) electrons. The molecule has 7 heteroatoms. The molecule has 1 aromatic carbocycles. The average molecular weight is 631 g/mol. The van der Waals surface area contributed by atoms with E-state index < -0.39 is 0 Å². The van der Waals surface area contributed by atoms with Crippen LogP contribution in [0.5, 0.6) is 0 Å². The molecule has 174 valence electrons. The number of carbonyl (C=O) groups excluding carboxylic acids is 1. The number of hydrogen-bond acceptors (Lipinski definition) is 4. The number of aromatic nitrogens is 4. The second kappa shape index (κ2) is 8.74. The summed E-state index contributed by atoms with van der Waals surface area (Å²) in [4.78, 5) is 21.4. The van der Waals surface area contributed by atoms with Gasteiger partial charge in [-0.1, -0.05) is 49.9 Å². The van der Waals surface area contributed by atoms with Crippen LogP contribution >= 0.6 is 0 Å². The van der Waals surface area contributed by atoms with Gasteiger partial charge >= 0.3 is 21.1 Å². The Morgan fingerprint density at radius 1 is 1.12 bits per heavy atom. The molecule has 3 aromatic heterocycles. The van der Waals surface area contributed by atoms with Gasteiger partial charge in [-0.3, -0.25) is 9.97 Å². The molecule has 6 nitrogen and oxygen atoms in total. The first-order chi connectivity index (χ1) is 16.0. The summed E-state index contributed by atoms with van der Waals surface area (Å²) in [5, 5.41) is 15.7. The van der Waals surface area contributed by atoms with Crippen molar-refractivity contribution in [1.29, 1.82) is 0 Å². The van der Waals surface area contributed by atoms with Crippen molar-refractivity contribution in [2.24, 2.45) is 5.41 Å². The minimum Gasteiger partial charge on any atom is -0.647 e. The molecule has 2 aliphatic carbocycles. The predicted molar refractivity (Wildman–Crippen MR) is 127 cm³/mol. The number of rotatable bonds is 5. The second-order valence-corrected chi connectivity index (χ2v) is 9.69. The van der Waals surface area contributed by atoms with E-state index in [-0.39, 0.29) is 32.4 Å². The molecule has 2 atom stereocenters. The molecule has 1 fully saturated rings. The van der Waals surface area contributed by atoms with Gasteiger partial charge in [-0.2, -0.15) is 0 Å². The summed E-state index contributed by atoms with van der Waals surface area (Å²) in [6.07, 6.45) is 4.57. The number of pyridine rings is 2. The molecule has 1 amide bonds. The molecule has 1 saturated carbocycles. The van der Waals surface area contributed by atoms with E-state index in [0.717, 1.165) is 27.9 Å². The molecule has 0 saturated heterocycles. The molecular formula is C27H25N5OPt. The zero-order valence-electron chi connectivity index (χ0n) is 19.1. The zero-order valence-corrected chi connectivity index (χ0v) is 21.4. The number of benzene rings is 1. The molecule has 0 aliphatic heterocycles. The van der Waals surface area contributed by atoms with Gasteiger partial charge < -0.3 is 20.3 Å². The normalized spacial score (nSPS) is 19.6. The van der Waals surface area contributed by atoms with Gasteiger partial charge in [0.25, 0.3) is 0 Å². The molecule has 3 heterocycles. The van der Waals surface area contributed by atoms with Gasteiger partial charge in [-0.25, -0.2) is 0 Å². The molecule has 6 rings (SSSR count). The minimum absolute atomic E-state index is 0. The van der Waals surface area contributed by atoms with Crippen molar-refractivity contribution < 1.29 is 25.9 Å². The third-order valence-corrected chi connectivity index (χ3v) is 7.53. The fourth-order valence-electron chi connectivity index (χ4n) is 5.84. The number of amides is 1. The van der Waals surface area contributed by atoms with Crippen molar-refractivity contribution in [3.8, 4) is 11.4 Å². The number of hydrogen-bond donors (Lipinski definition) is 0. The first-order valence-electron chi connectivity index (χ1n) is 11.6. The van der Waals surface area contributed by atoms with Crippen LogP contribution in [0.2, 0.25) is 0 Å². The van der Waals surface area contributed by atoms with Crippen LogP contribution in [0.1, 0.15) is 66.0 Å². The topological polar surface area (TPSA) is 83.9 Å². The summed E-state index contributed by atoms with van der Waals surface area (Å²) in [6, 6.07) is 15.6. The fourth-order valence-corrected chi connectivity index (χ4v) is 5.84. The maximum Gasteiger partial charge on any atom is 2.00 e. The fraction of sp³-hybridized carbons (Fsp3) is 0.333. The quantitative estimate of drug-likeness (QED) is 0.295. The van der Waals surface area contributed by atoms with Crippen molar-refractivity contribution in [3.63, 3.8) is 0 Å². The number of carbonyl (C=O) groups is 1. The van der Waals surface area contributed by atoms with Crippen molar-refractivity contribution in [2.75, 3.05) is 6.54 Å². The number of fused-ring (bicyclic) bond motifs is 6. The van der Waals surface area contributed by atoms with Crippen LogP contribution in [-0.4, -0.2) is 27.5 Å². The minimum atomic E-state index is -0.297. The second-order valence-electron chi connectivity index (χ2n) is 9.69. The van der Waals surface area contributed by atoms with E-state index >= 15 is 0 Å². The summed E-state index contributed by atoms with van der Waals surface area (Å²) in [7, 11) is 0. The van der Waals surface area contributed by atoms with E-state index in [1.807, 2.05) is 12.1 Å². The number of nitrogens with zero attached hydrogens (tertiary/aromatic N) is 5. The largest absolute Gasteiger partial charge is 2.00 e. The van der Waals surface area contributed by atoms with Crippen LogP contribution in [0.3, 0.4) is 0 Å². The van der Waals surface area contributed by atoms with Crippen molar-refractivity contribution in [2.45, 2.75) is 44.9 Å². The van der Waals surface area contributed by atoms with Crippen molar-refractivity contribution in [1.82, 2.24) is 20.2 Å². The van der Waals surface area contributed by atoms with Crippen LogP contribution in [0, 0.1) is 5.41 Å². The van der Waals surface area contributed by atoms with Gasteiger partial charge in [0.15, 0.2) is 0 Å². The summed E-state index contributed by atoms with van der Waals surface area (Å²) in [5.41, 5.74) is 5.82. The smallest absolute Gasteiger partial charge is 0.647 e. The molecule has 0 N–H and O–H groups in total. The molecule has 2 aliphatic rings. The summed E-state index contributed by atoms with van der Waals surface area (Å²) in [5.74, 6) is 0.678. The predicted octanol–water partition coefficient (Wildman–Crippen LogP) is 5.40. The summed E-state index contributed by atoms with van der Waals surface area (Å²) in [6.45, 7) is 5.09. The van der Waals surface area contributed by atoms with Gasteiger partial charge in [-0.05, 0) is 59.7 Å². The first kappa shape index (κ1) is 22.9. The molecule has 2 unspecified atom stereocenters. The van der Waals surface area contributed by atoms with Crippen molar-refractivity contribution in [3.05, 3.63) is 82.7 Å². The van der Waals surface area contributed by atoms with E-state index in [9.17, 15) is 4.79 Å². The molecule has 2 bridgehead atoms. The maximum absolute atomic E-state index is 12.3. The van der Waals surface area contributed by atoms with Crippen LogP contribution in [0.4, 0.5) is 0 Å². The van der Waals surface area contributed by atoms with Crippen molar-refractivity contribution >= 4 is 16.7 Å². The first-order valence-corrected chi connectivity index (χ1v) is 11.6. The monoisotopic (exact) mass is 630 g/mol. The van der Waals surface area contributed by atoms with Gasteiger partial charge in [0, 0.05) is 28.9 Å². The van der Waals surface area contributed by atoms with Crippen LogP contribution in [0.15, 0.2) is 54.7 Å². The van der Waals surface area contributed by atoms with E-state index in [2.05, 4.69) is 52.5 Å². The Morgan fingerprint density at radius 2 is 1.91 bits per heavy atom. The Morgan fingerprint density at radius 3 is 2.74 bits per heavy atom. The van der Waals surface area contributed by atoms with E-state index in [0.29, 0.717) is 30.5 Å². The average Bonchev–Trinajstić information content (AvgIpc) is 3.46.